The molecular formula is C24H33N7O3S. The van der Waals surface area contributed by atoms with Crippen molar-refractivity contribution in [3.63, 3.8) is 0 Å². The monoisotopic (exact) mass is 499 g/mol. The molecule has 1 aliphatic rings. The van der Waals surface area contributed by atoms with E-state index >= 15 is 0 Å². The van der Waals surface area contributed by atoms with Crippen LogP contribution in [0.25, 0.3) is 5.03 Å². The Labute approximate surface area is 211 Å². The fourth-order valence-corrected chi connectivity index (χ4v) is 4.02. The molecule has 1 aliphatic heterocycles. The second-order valence-electron chi connectivity index (χ2n) is 9.31. The van der Waals surface area contributed by atoms with Crippen molar-refractivity contribution in [1.29, 1.82) is 0 Å². The van der Waals surface area contributed by atoms with Crippen molar-refractivity contribution in [3.05, 3.63) is 42.5 Å². The Bertz CT molecular complexity index is 1080. The average molecular weight is 500 g/mol. The number of nitrogens with zero attached hydrogens (tertiary/aromatic N) is 6. The van der Waals surface area contributed by atoms with E-state index in [9.17, 15) is 9.59 Å². The molecular weight excluding hydrogens is 466 g/mol. The molecule has 3 rings (SSSR count). The molecule has 188 valence electrons. The minimum absolute atomic E-state index is 0.0526. The van der Waals surface area contributed by atoms with Gasteiger partial charge < -0.3 is 19.9 Å². The molecule has 11 heteroatoms. The number of anilines is 2. The Morgan fingerprint density at radius 2 is 1.80 bits per heavy atom. The first kappa shape index (κ1) is 26.3. The molecule has 2 amide bonds. The van der Waals surface area contributed by atoms with Crippen LogP contribution in [0.5, 0.6) is 0 Å². The fourth-order valence-electron chi connectivity index (χ4n) is 3.77. The third-order valence-corrected chi connectivity index (χ3v) is 5.65. The molecule has 2 heterocycles. The third-order valence-electron chi connectivity index (χ3n) is 5.45. The summed E-state index contributed by atoms with van der Waals surface area (Å²) in [6.07, 6.45) is -0.230. The summed E-state index contributed by atoms with van der Waals surface area (Å²) in [6, 6.07) is 7.03. The first-order chi connectivity index (χ1) is 16.5. The Kier molecular flexibility index (Phi) is 8.21. The number of thiol groups is 1. The molecule has 1 aromatic carbocycles. The quantitative estimate of drug-likeness (QED) is 0.444. The number of nitrogens with one attached hydrogen (secondary N) is 1. The van der Waals surface area contributed by atoms with Gasteiger partial charge in [0.25, 0.3) is 0 Å². The normalized spacial score (nSPS) is 14.9. The summed E-state index contributed by atoms with van der Waals surface area (Å²) in [5.74, 6) is 0.850. The molecule has 10 nitrogen and oxygen atoms in total. The summed E-state index contributed by atoms with van der Waals surface area (Å²) in [5.41, 5.74) is 1.19. The lowest BCUT2D eigenvalue weighted by atomic mass is 10.1. The zero-order valence-corrected chi connectivity index (χ0v) is 21.6. The molecule has 0 unspecified atom stereocenters. The zero-order valence-electron chi connectivity index (χ0n) is 20.7. The second-order valence-corrected chi connectivity index (χ2v) is 9.83. The van der Waals surface area contributed by atoms with Crippen LogP contribution in [0.4, 0.5) is 16.2 Å². The van der Waals surface area contributed by atoms with Crippen molar-refractivity contribution in [2.75, 3.05) is 36.4 Å². The van der Waals surface area contributed by atoms with Crippen molar-refractivity contribution in [2.45, 2.75) is 45.8 Å². The van der Waals surface area contributed by atoms with Crippen LogP contribution in [-0.4, -0.2) is 70.2 Å². The van der Waals surface area contributed by atoms with Crippen molar-refractivity contribution in [2.24, 2.45) is 4.99 Å². The van der Waals surface area contributed by atoms with E-state index in [2.05, 4.69) is 51.3 Å². The lowest BCUT2D eigenvalue weighted by Crippen LogP contribution is -2.50. The molecule has 0 saturated carbocycles. The van der Waals surface area contributed by atoms with Crippen LogP contribution in [0.3, 0.4) is 0 Å². The minimum Gasteiger partial charge on any atom is -0.444 e. The van der Waals surface area contributed by atoms with Gasteiger partial charge in [0.2, 0.25) is 5.91 Å². The van der Waals surface area contributed by atoms with E-state index in [4.69, 9.17) is 4.74 Å². The SMILES string of the molecule is C=N[C@@H](CC(=O)Nc1ccc(N2CCN(C(=O)OC(C)(C)C)CC2)cc1)c1nnc(C)n1C(=C)S. The van der Waals surface area contributed by atoms with Gasteiger partial charge in [0.1, 0.15) is 17.5 Å². The number of benzene rings is 1. The smallest absolute Gasteiger partial charge is 0.410 e. The van der Waals surface area contributed by atoms with Gasteiger partial charge in [-0.25, -0.2) is 4.79 Å². The van der Waals surface area contributed by atoms with Gasteiger partial charge in [0, 0.05) is 37.6 Å². The zero-order chi connectivity index (χ0) is 25.8. The van der Waals surface area contributed by atoms with Crippen molar-refractivity contribution in [1.82, 2.24) is 19.7 Å². The van der Waals surface area contributed by atoms with E-state index < -0.39 is 11.6 Å². The molecule has 0 bridgehead atoms. The predicted molar refractivity (Wildman–Crippen MR) is 141 cm³/mol. The summed E-state index contributed by atoms with van der Waals surface area (Å²) in [7, 11) is 0. The highest BCUT2D eigenvalue weighted by Gasteiger charge is 2.26. The Balaban J connectivity index is 1.55. The van der Waals surface area contributed by atoms with Gasteiger partial charge in [-0.05, 0) is 58.7 Å². The number of aryl methyl sites for hydroxylation is 1. The molecule has 35 heavy (non-hydrogen) atoms. The molecule has 1 atom stereocenters. The number of aromatic nitrogens is 3. The van der Waals surface area contributed by atoms with Crippen LogP contribution in [0.1, 0.15) is 44.9 Å². The maximum atomic E-state index is 12.7. The molecule has 1 fully saturated rings. The highest BCUT2D eigenvalue weighted by atomic mass is 32.1. The van der Waals surface area contributed by atoms with Crippen molar-refractivity contribution in [3.8, 4) is 0 Å². The van der Waals surface area contributed by atoms with Crippen LogP contribution >= 0.6 is 12.6 Å². The molecule has 1 saturated heterocycles. The molecule has 0 spiro atoms. The van der Waals surface area contributed by atoms with Gasteiger partial charge in [-0.1, -0.05) is 6.58 Å². The van der Waals surface area contributed by atoms with E-state index in [1.54, 1.807) is 16.4 Å². The van der Waals surface area contributed by atoms with E-state index in [1.807, 2.05) is 45.0 Å². The first-order valence-corrected chi connectivity index (χ1v) is 11.8. The standard InChI is InChI=1S/C24H33N7O3S/c1-16-27-28-22(31(16)17(2)35)20(25-6)15-21(32)26-18-7-9-19(10-8-18)29-11-13-30(14-12-29)23(33)34-24(3,4)5/h7-10,20,35H,2,6,11-15H2,1,3-5H3,(H,26,32)/t20-/m0/s1. The number of amides is 2. The number of rotatable bonds is 7. The van der Waals surface area contributed by atoms with Crippen molar-refractivity contribution < 1.29 is 14.3 Å². The van der Waals surface area contributed by atoms with E-state index in [1.165, 1.54) is 0 Å². The Morgan fingerprint density at radius 3 is 2.34 bits per heavy atom. The molecule has 1 aromatic heterocycles. The van der Waals surface area contributed by atoms with Gasteiger partial charge >= 0.3 is 6.09 Å². The second kappa shape index (κ2) is 10.9. The van der Waals surface area contributed by atoms with Crippen LogP contribution in [-0.2, 0) is 9.53 Å². The Hall–Kier alpha value is -3.34. The number of hydrogen-bond acceptors (Lipinski definition) is 8. The minimum atomic E-state index is -0.583. The molecule has 1 N–H and O–H groups in total. The number of aliphatic imine (C=N–C) groups is 1. The van der Waals surface area contributed by atoms with Crippen molar-refractivity contribution >= 4 is 47.8 Å². The molecule has 2 aromatic rings. The maximum Gasteiger partial charge on any atom is 0.410 e. The predicted octanol–water partition coefficient (Wildman–Crippen LogP) is 3.77. The molecule has 0 radical (unpaired) electrons. The maximum absolute atomic E-state index is 12.7. The largest absolute Gasteiger partial charge is 0.444 e. The van der Waals surface area contributed by atoms with E-state index in [0.29, 0.717) is 48.5 Å². The first-order valence-electron chi connectivity index (χ1n) is 11.4. The van der Waals surface area contributed by atoms with Gasteiger partial charge in [-0.2, -0.15) is 0 Å². The number of ether oxygens (including phenoxy) is 1. The highest BCUT2D eigenvalue weighted by molar-refractivity contribution is 7.90. The summed E-state index contributed by atoms with van der Waals surface area (Å²) < 4.78 is 7.10. The summed E-state index contributed by atoms with van der Waals surface area (Å²) in [4.78, 5) is 32.9. The number of piperazine rings is 1. The van der Waals surface area contributed by atoms with Gasteiger partial charge in [-0.3, -0.25) is 14.4 Å². The van der Waals surface area contributed by atoms with E-state index in [-0.39, 0.29) is 18.4 Å². The van der Waals surface area contributed by atoms with Crippen LogP contribution < -0.4 is 10.2 Å². The average Bonchev–Trinajstić information content (AvgIpc) is 3.18. The van der Waals surface area contributed by atoms with Crippen LogP contribution in [0.2, 0.25) is 0 Å². The summed E-state index contributed by atoms with van der Waals surface area (Å²) in [5, 5.41) is 11.5. The number of carbonyl (C=O) groups is 2. The van der Waals surface area contributed by atoms with E-state index in [0.717, 1.165) is 5.69 Å². The van der Waals surface area contributed by atoms with Gasteiger partial charge in [0.05, 0.1) is 11.4 Å². The summed E-state index contributed by atoms with van der Waals surface area (Å²) >= 11 is 4.28. The number of hydrogen-bond donors (Lipinski definition) is 2. The highest BCUT2D eigenvalue weighted by Crippen LogP contribution is 2.25. The van der Waals surface area contributed by atoms with Gasteiger partial charge in [0.15, 0.2) is 5.82 Å². The topological polar surface area (TPSA) is 105 Å². The lowest BCUT2D eigenvalue weighted by Gasteiger charge is -2.36. The summed E-state index contributed by atoms with van der Waals surface area (Å²) in [6.45, 7) is 17.4. The van der Waals surface area contributed by atoms with Crippen LogP contribution in [0.15, 0.2) is 35.8 Å². The van der Waals surface area contributed by atoms with Crippen LogP contribution in [0, 0.1) is 6.92 Å². The molecule has 0 aliphatic carbocycles. The third kappa shape index (κ3) is 6.84. The van der Waals surface area contributed by atoms with Gasteiger partial charge in [-0.15, -0.1) is 22.8 Å². The fraction of sp³-hybridized carbons (Fsp3) is 0.458. The lowest BCUT2D eigenvalue weighted by molar-refractivity contribution is -0.116. The number of carbonyl (C=O) groups excluding carboxylic acids is 2. The Morgan fingerprint density at radius 1 is 1.17 bits per heavy atom.